The van der Waals surface area contributed by atoms with Gasteiger partial charge in [0.05, 0.1) is 0 Å². The molecule has 0 nitrogen and oxygen atoms in total. The fourth-order valence-corrected chi connectivity index (χ4v) is 0.327. The molecule has 0 aliphatic rings. The third kappa shape index (κ3) is 4.38. The van der Waals surface area contributed by atoms with Gasteiger partial charge in [-0.3, -0.25) is 0 Å². The molecule has 0 fully saturated rings. The maximum Gasteiger partial charge on any atom is 0.0229 e. The van der Waals surface area contributed by atoms with Crippen LogP contribution in [0.25, 0.3) is 0 Å². The van der Waals surface area contributed by atoms with Crippen LogP contribution in [-0.4, -0.2) is 5.75 Å². The Morgan fingerprint density at radius 2 is 2.40 bits per heavy atom. The van der Waals surface area contributed by atoms with Gasteiger partial charge in [-0.15, -0.1) is 0 Å². The average Bonchev–Trinajstić information content (AvgIpc) is 1.41. The van der Waals surface area contributed by atoms with Crippen molar-refractivity contribution < 1.29 is 0 Å². The van der Waals surface area contributed by atoms with Crippen LogP contribution >= 0.6 is 24.2 Å². The van der Waals surface area contributed by atoms with Crippen LogP contribution in [0.5, 0.6) is 0 Å². The standard InChI is InChI=1S/C3H4ClS/c4-2-1-3-5/h1-2H,3H2. The lowest BCUT2D eigenvalue weighted by Crippen LogP contribution is -1.49. The summed E-state index contributed by atoms with van der Waals surface area (Å²) >= 11 is 9.53. The molecular formula is C3H4ClS. The second kappa shape index (κ2) is 4.38. The van der Waals surface area contributed by atoms with E-state index in [2.05, 4.69) is 12.6 Å². The van der Waals surface area contributed by atoms with Crippen LogP contribution in [0.1, 0.15) is 0 Å². The average molecular weight is 108 g/mol. The highest BCUT2D eigenvalue weighted by molar-refractivity contribution is 7.80. The van der Waals surface area contributed by atoms with Gasteiger partial charge in [-0.2, -0.15) is 0 Å². The zero-order valence-corrected chi connectivity index (χ0v) is 4.22. The van der Waals surface area contributed by atoms with E-state index in [-0.39, 0.29) is 0 Å². The summed E-state index contributed by atoms with van der Waals surface area (Å²) in [7, 11) is 0. The van der Waals surface area contributed by atoms with Crippen LogP contribution in [0.4, 0.5) is 0 Å². The highest BCUT2D eigenvalue weighted by atomic mass is 35.5. The Balaban J connectivity index is 2.62. The van der Waals surface area contributed by atoms with Crippen molar-refractivity contribution >= 4 is 24.2 Å². The molecule has 1 radical (unpaired) electrons. The summed E-state index contributed by atoms with van der Waals surface area (Å²) in [5.74, 6) is 0.615. The Morgan fingerprint density at radius 1 is 1.80 bits per heavy atom. The Hall–Kier alpha value is 0.380. The Bertz CT molecular complexity index is 33.9. The molecule has 29 valence electrons. The summed E-state index contributed by atoms with van der Waals surface area (Å²) < 4.78 is 0. The van der Waals surface area contributed by atoms with Crippen LogP contribution in [0.2, 0.25) is 0 Å². The first kappa shape index (κ1) is 5.38. The number of hydrogen-bond acceptors (Lipinski definition) is 0. The van der Waals surface area contributed by atoms with E-state index in [0.717, 1.165) is 0 Å². The molecule has 0 aliphatic carbocycles. The molecule has 0 aliphatic heterocycles. The van der Waals surface area contributed by atoms with Crippen molar-refractivity contribution in [2.75, 3.05) is 5.75 Å². The number of halogens is 1. The molecular weight excluding hydrogens is 104 g/mol. The third-order valence-corrected chi connectivity index (χ3v) is 0.556. The van der Waals surface area contributed by atoms with Gasteiger partial charge < -0.3 is 0 Å². The van der Waals surface area contributed by atoms with Gasteiger partial charge in [0.2, 0.25) is 0 Å². The zero-order chi connectivity index (χ0) is 4.12. The molecule has 0 aromatic heterocycles. The second-order valence-corrected chi connectivity index (χ2v) is 1.11. The summed E-state index contributed by atoms with van der Waals surface area (Å²) in [5, 5.41) is 0. The van der Waals surface area contributed by atoms with Gasteiger partial charge in [0.25, 0.3) is 0 Å². The molecule has 0 atom stereocenters. The number of rotatable bonds is 1. The molecule has 0 rings (SSSR count). The van der Waals surface area contributed by atoms with E-state index in [1.165, 1.54) is 5.54 Å². The molecule has 0 saturated carbocycles. The van der Waals surface area contributed by atoms with Crippen molar-refractivity contribution in [3.05, 3.63) is 11.6 Å². The first-order valence-corrected chi connectivity index (χ1v) is 2.26. The van der Waals surface area contributed by atoms with Gasteiger partial charge in [0.15, 0.2) is 0 Å². The second-order valence-electron chi connectivity index (χ2n) is 0.528. The normalized spacial score (nSPS) is 10.0. The molecule has 0 unspecified atom stereocenters. The largest absolute Gasteiger partial charge is 0.0933 e. The van der Waals surface area contributed by atoms with E-state index in [9.17, 15) is 0 Å². The van der Waals surface area contributed by atoms with E-state index in [1.54, 1.807) is 6.08 Å². The predicted octanol–water partition coefficient (Wildman–Crippen LogP) is 1.94. The monoisotopic (exact) mass is 107 g/mol. The first-order chi connectivity index (χ1) is 2.41. The van der Waals surface area contributed by atoms with E-state index in [4.69, 9.17) is 11.6 Å². The third-order valence-electron chi connectivity index (χ3n) is 0.185. The molecule has 2 heteroatoms. The van der Waals surface area contributed by atoms with Gasteiger partial charge in [-0.1, -0.05) is 30.3 Å². The summed E-state index contributed by atoms with van der Waals surface area (Å²) in [4.78, 5) is 0. The van der Waals surface area contributed by atoms with Gasteiger partial charge >= 0.3 is 0 Å². The molecule has 0 spiro atoms. The smallest absolute Gasteiger partial charge is 0.0229 e. The molecule has 0 bridgehead atoms. The fourth-order valence-electron chi connectivity index (χ4n) is 0.0364. The van der Waals surface area contributed by atoms with Crippen LogP contribution in [0, 0.1) is 0 Å². The lowest BCUT2D eigenvalue weighted by atomic mass is 10.8. The van der Waals surface area contributed by atoms with Gasteiger partial charge in [-0.25, -0.2) is 0 Å². The van der Waals surface area contributed by atoms with Crippen molar-refractivity contribution in [2.45, 2.75) is 0 Å². The van der Waals surface area contributed by atoms with Crippen molar-refractivity contribution in [3.8, 4) is 0 Å². The summed E-state index contributed by atoms with van der Waals surface area (Å²) in [6.45, 7) is 0. The van der Waals surface area contributed by atoms with E-state index in [0.29, 0.717) is 5.75 Å². The summed E-state index contributed by atoms with van der Waals surface area (Å²) in [6, 6.07) is 0. The van der Waals surface area contributed by atoms with Crippen LogP contribution in [0.15, 0.2) is 11.6 Å². The maximum absolute atomic E-state index is 5.05. The Labute approximate surface area is 42.2 Å². The van der Waals surface area contributed by atoms with Gasteiger partial charge in [-0.05, 0) is 0 Å². The van der Waals surface area contributed by atoms with Crippen LogP contribution < -0.4 is 0 Å². The highest BCUT2D eigenvalue weighted by Gasteiger charge is 1.55. The number of hydrogen-bond donors (Lipinski definition) is 0. The topological polar surface area (TPSA) is 0 Å². The van der Waals surface area contributed by atoms with E-state index in [1.807, 2.05) is 0 Å². The Kier molecular flexibility index (Phi) is 4.71. The minimum absolute atomic E-state index is 0.615. The summed E-state index contributed by atoms with van der Waals surface area (Å²) in [6.07, 6.45) is 1.71. The lowest BCUT2D eigenvalue weighted by molar-refractivity contribution is 1.83. The molecule has 0 amide bonds. The fraction of sp³-hybridized carbons (Fsp3) is 0.333. The van der Waals surface area contributed by atoms with Crippen molar-refractivity contribution in [3.63, 3.8) is 0 Å². The SMILES string of the molecule is [S]CC=CCl. The molecule has 0 heterocycles. The zero-order valence-electron chi connectivity index (χ0n) is 2.65. The molecule has 0 aromatic rings. The van der Waals surface area contributed by atoms with Gasteiger partial charge in [0, 0.05) is 11.3 Å². The molecule has 5 heavy (non-hydrogen) atoms. The minimum atomic E-state index is 0.615. The van der Waals surface area contributed by atoms with Crippen LogP contribution in [-0.2, 0) is 0 Å². The highest BCUT2D eigenvalue weighted by Crippen LogP contribution is 1.78. The quantitative estimate of drug-likeness (QED) is 0.481. The van der Waals surface area contributed by atoms with Crippen molar-refractivity contribution in [1.29, 1.82) is 0 Å². The predicted molar refractivity (Wildman–Crippen MR) is 27.5 cm³/mol. The summed E-state index contributed by atoms with van der Waals surface area (Å²) in [5.41, 5.74) is 1.42. The van der Waals surface area contributed by atoms with Crippen molar-refractivity contribution in [1.82, 2.24) is 0 Å². The minimum Gasteiger partial charge on any atom is -0.0933 e. The maximum atomic E-state index is 5.05. The van der Waals surface area contributed by atoms with Gasteiger partial charge in [0.1, 0.15) is 0 Å². The molecule has 0 saturated heterocycles. The van der Waals surface area contributed by atoms with E-state index >= 15 is 0 Å². The lowest BCUT2D eigenvalue weighted by Gasteiger charge is -1.61. The van der Waals surface area contributed by atoms with Crippen LogP contribution in [0.3, 0.4) is 0 Å². The van der Waals surface area contributed by atoms with Crippen molar-refractivity contribution in [2.24, 2.45) is 0 Å². The Morgan fingerprint density at radius 3 is 2.40 bits per heavy atom. The first-order valence-electron chi connectivity index (χ1n) is 1.25. The van der Waals surface area contributed by atoms with E-state index < -0.39 is 0 Å². The molecule has 0 aromatic carbocycles. The molecule has 0 N–H and O–H groups in total.